The zero-order valence-corrected chi connectivity index (χ0v) is 10.4. The Bertz CT molecular complexity index is 323. The molecule has 0 atom stereocenters. The lowest BCUT2D eigenvalue weighted by Crippen LogP contribution is -2.23. The van der Waals surface area contributed by atoms with E-state index in [1.165, 1.54) is 5.56 Å². The molecule has 0 spiro atoms. The predicted molar refractivity (Wildman–Crippen MR) is 69.8 cm³/mol. The molecule has 0 aromatic heterocycles. The molecule has 80 valence electrons. The molecule has 0 saturated carbocycles. The van der Waals surface area contributed by atoms with Crippen molar-refractivity contribution in [3.63, 3.8) is 0 Å². The average Bonchev–Trinajstić information content (AvgIpc) is 2.22. The molecular weight excluding hydrogens is 250 g/mol. The lowest BCUT2D eigenvalue weighted by atomic mass is 10.2. The van der Waals surface area contributed by atoms with Crippen LogP contribution in [-0.2, 0) is 6.54 Å². The van der Waals surface area contributed by atoms with Crippen LogP contribution in [0.15, 0.2) is 54.0 Å². The van der Waals surface area contributed by atoms with E-state index in [2.05, 4.69) is 52.2 Å². The summed E-state index contributed by atoms with van der Waals surface area (Å²) in [5.41, 5.74) is 1.29. The van der Waals surface area contributed by atoms with Gasteiger partial charge in [0.1, 0.15) is 0 Å². The van der Waals surface area contributed by atoms with E-state index in [1.807, 2.05) is 18.2 Å². The van der Waals surface area contributed by atoms with Crippen molar-refractivity contribution in [1.82, 2.24) is 4.90 Å². The molecule has 1 nitrogen and oxygen atoms in total. The number of benzene rings is 1. The van der Waals surface area contributed by atoms with Crippen LogP contribution in [0.25, 0.3) is 0 Å². The Hall–Kier alpha value is -0.860. The fourth-order valence-corrected chi connectivity index (χ4v) is 1.85. The van der Waals surface area contributed by atoms with Crippen LogP contribution in [0.5, 0.6) is 0 Å². The summed E-state index contributed by atoms with van der Waals surface area (Å²) in [4.78, 5) is 2.28. The van der Waals surface area contributed by atoms with Gasteiger partial charge in [-0.3, -0.25) is 4.90 Å². The second-order valence-corrected chi connectivity index (χ2v) is 4.22. The molecule has 1 aromatic carbocycles. The minimum absolute atomic E-state index is 0.882. The van der Waals surface area contributed by atoms with Gasteiger partial charge in [0.05, 0.1) is 0 Å². The van der Waals surface area contributed by atoms with Crippen molar-refractivity contribution in [2.24, 2.45) is 0 Å². The maximum absolute atomic E-state index is 3.76. The van der Waals surface area contributed by atoms with E-state index < -0.39 is 0 Å². The molecule has 0 aliphatic rings. The third kappa shape index (κ3) is 4.02. The summed E-state index contributed by atoms with van der Waals surface area (Å²) in [5.74, 6) is 0. The van der Waals surface area contributed by atoms with E-state index in [0.717, 1.165) is 24.1 Å². The predicted octanol–water partition coefficient (Wildman–Crippen LogP) is 3.62. The van der Waals surface area contributed by atoms with Gasteiger partial charge in [-0.05, 0) is 11.6 Å². The van der Waals surface area contributed by atoms with E-state index in [9.17, 15) is 0 Å². The zero-order chi connectivity index (χ0) is 11.1. The summed E-state index contributed by atoms with van der Waals surface area (Å²) in [6.07, 6.45) is 3.83. The highest BCUT2D eigenvalue weighted by atomic mass is 79.9. The fraction of sp³-hybridized carbons (Fsp3) is 0.231. The molecule has 1 aromatic rings. The Kier molecular flexibility index (Phi) is 5.37. The van der Waals surface area contributed by atoms with Crippen molar-refractivity contribution in [2.75, 3.05) is 13.1 Å². The Labute approximate surface area is 100 Å². The van der Waals surface area contributed by atoms with Gasteiger partial charge in [-0.1, -0.05) is 46.3 Å². The van der Waals surface area contributed by atoms with Crippen molar-refractivity contribution >= 4 is 15.9 Å². The molecule has 1 rings (SSSR count). The highest BCUT2D eigenvalue weighted by Crippen LogP contribution is 2.17. The molecule has 0 N–H and O–H groups in total. The quantitative estimate of drug-likeness (QED) is 0.711. The Balaban J connectivity index is 2.68. The lowest BCUT2D eigenvalue weighted by molar-refractivity contribution is 0.327. The van der Waals surface area contributed by atoms with E-state index in [0.29, 0.717) is 0 Å². The van der Waals surface area contributed by atoms with Crippen molar-refractivity contribution in [3.05, 3.63) is 59.6 Å². The van der Waals surface area contributed by atoms with Crippen LogP contribution in [0, 0.1) is 0 Å². The summed E-state index contributed by atoms with van der Waals surface area (Å²) in [6.45, 7) is 10.2. The van der Waals surface area contributed by atoms with Crippen LogP contribution in [0.3, 0.4) is 0 Å². The van der Waals surface area contributed by atoms with Gasteiger partial charge in [0.25, 0.3) is 0 Å². The maximum atomic E-state index is 3.76. The van der Waals surface area contributed by atoms with Crippen LogP contribution in [0.2, 0.25) is 0 Å². The largest absolute Gasteiger partial charge is 0.292 e. The minimum Gasteiger partial charge on any atom is -0.292 e. The molecule has 15 heavy (non-hydrogen) atoms. The van der Waals surface area contributed by atoms with Crippen molar-refractivity contribution < 1.29 is 0 Å². The SMILES string of the molecule is C=CCN(CC=C)Cc1ccccc1Br. The highest BCUT2D eigenvalue weighted by molar-refractivity contribution is 9.10. The molecule has 0 saturated heterocycles. The monoisotopic (exact) mass is 265 g/mol. The lowest BCUT2D eigenvalue weighted by Gasteiger charge is -2.19. The summed E-state index contributed by atoms with van der Waals surface area (Å²) in [7, 11) is 0. The summed E-state index contributed by atoms with van der Waals surface area (Å²) in [5, 5.41) is 0. The van der Waals surface area contributed by atoms with E-state index >= 15 is 0 Å². The summed E-state index contributed by atoms with van der Waals surface area (Å²) in [6, 6.07) is 8.28. The second-order valence-electron chi connectivity index (χ2n) is 3.36. The van der Waals surface area contributed by atoms with E-state index in [4.69, 9.17) is 0 Å². The molecular formula is C13H16BrN. The molecule has 0 aliphatic heterocycles. The van der Waals surface area contributed by atoms with Crippen molar-refractivity contribution in [1.29, 1.82) is 0 Å². The molecule has 0 heterocycles. The van der Waals surface area contributed by atoms with Crippen LogP contribution in [0.1, 0.15) is 5.56 Å². The third-order valence-electron chi connectivity index (χ3n) is 2.13. The molecule has 0 bridgehead atoms. The first-order chi connectivity index (χ1) is 7.27. The van der Waals surface area contributed by atoms with Gasteiger partial charge < -0.3 is 0 Å². The number of nitrogens with zero attached hydrogens (tertiary/aromatic N) is 1. The Morgan fingerprint density at radius 2 is 1.73 bits per heavy atom. The van der Waals surface area contributed by atoms with Crippen molar-refractivity contribution in [2.45, 2.75) is 6.54 Å². The standard InChI is InChI=1S/C13H16BrN/c1-3-9-15(10-4-2)11-12-7-5-6-8-13(12)14/h3-8H,1-2,9-11H2. The molecule has 0 fully saturated rings. The first-order valence-corrected chi connectivity index (χ1v) is 5.74. The van der Waals surface area contributed by atoms with E-state index in [1.54, 1.807) is 0 Å². The van der Waals surface area contributed by atoms with Crippen LogP contribution >= 0.6 is 15.9 Å². The fourth-order valence-electron chi connectivity index (χ4n) is 1.44. The zero-order valence-electron chi connectivity index (χ0n) is 8.82. The molecule has 2 heteroatoms. The minimum atomic E-state index is 0.882. The third-order valence-corrected chi connectivity index (χ3v) is 2.90. The first kappa shape index (κ1) is 12.2. The van der Waals surface area contributed by atoms with Gasteiger partial charge in [-0.25, -0.2) is 0 Å². The number of halogens is 1. The Morgan fingerprint density at radius 1 is 1.13 bits per heavy atom. The number of hydrogen-bond acceptors (Lipinski definition) is 1. The van der Waals surface area contributed by atoms with Crippen LogP contribution < -0.4 is 0 Å². The van der Waals surface area contributed by atoms with Crippen LogP contribution in [-0.4, -0.2) is 18.0 Å². The highest BCUT2D eigenvalue weighted by Gasteiger charge is 2.04. The average molecular weight is 266 g/mol. The number of rotatable bonds is 6. The van der Waals surface area contributed by atoms with Crippen molar-refractivity contribution in [3.8, 4) is 0 Å². The van der Waals surface area contributed by atoms with Gasteiger partial charge in [-0.2, -0.15) is 0 Å². The molecule has 0 amide bonds. The normalized spacial score (nSPS) is 10.3. The van der Waals surface area contributed by atoms with Gasteiger partial charge in [0.15, 0.2) is 0 Å². The Morgan fingerprint density at radius 3 is 2.27 bits per heavy atom. The summed E-state index contributed by atoms with van der Waals surface area (Å²) < 4.78 is 1.16. The first-order valence-electron chi connectivity index (χ1n) is 4.95. The molecule has 0 unspecified atom stereocenters. The number of hydrogen-bond donors (Lipinski definition) is 0. The second kappa shape index (κ2) is 6.59. The summed E-state index contributed by atoms with van der Waals surface area (Å²) >= 11 is 3.55. The topological polar surface area (TPSA) is 3.24 Å². The maximum Gasteiger partial charge on any atom is 0.0251 e. The van der Waals surface area contributed by atoms with E-state index in [-0.39, 0.29) is 0 Å². The molecule has 0 aliphatic carbocycles. The van der Waals surface area contributed by atoms with Gasteiger partial charge in [0.2, 0.25) is 0 Å². The van der Waals surface area contributed by atoms with Gasteiger partial charge in [-0.15, -0.1) is 13.2 Å². The van der Waals surface area contributed by atoms with Gasteiger partial charge in [0, 0.05) is 24.1 Å². The molecule has 0 radical (unpaired) electrons. The van der Waals surface area contributed by atoms with Crippen LogP contribution in [0.4, 0.5) is 0 Å². The van der Waals surface area contributed by atoms with Gasteiger partial charge >= 0.3 is 0 Å². The smallest absolute Gasteiger partial charge is 0.0251 e.